The van der Waals surface area contributed by atoms with Gasteiger partial charge in [0.1, 0.15) is 5.75 Å². The van der Waals surface area contributed by atoms with Crippen molar-refractivity contribution in [3.05, 3.63) is 48.0 Å². The number of rotatable bonds is 5. The number of para-hydroxylation sites is 1. The zero-order valence-corrected chi connectivity index (χ0v) is 13.7. The Hall–Kier alpha value is -1.66. The second kappa shape index (κ2) is 6.41. The number of hydrogen-bond acceptors (Lipinski definition) is 4. The van der Waals surface area contributed by atoms with Crippen molar-refractivity contribution in [3.8, 4) is 5.75 Å². The molecular formula is C15H17NO3S2. The summed E-state index contributed by atoms with van der Waals surface area (Å²) in [6.45, 7) is 1.81. The number of thioether (sulfide) groups is 1. The molecule has 2 rings (SSSR count). The fourth-order valence-corrected chi connectivity index (χ4v) is 3.73. The van der Waals surface area contributed by atoms with Crippen LogP contribution in [0.15, 0.2) is 52.3 Å². The Balaban J connectivity index is 2.36. The average Bonchev–Trinajstić information content (AvgIpc) is 2.47. The highest BCUT2D eigenvalue weighted by Crippen LogP contribution is 2.28. The Morgan fingerprint density at radius 3 is 2.48 bits per heavy atom. The summed E-state index contributed by atoms with van der Waals surface area (Å²) in [5.41, 5.74) is 1.36. The quantitative estimate of drug-likeness (QED) is 0.855. The van der Waals surface area contributed by atoms with Crippen molar-refractivity contribution >= 4 is 27.5 Å². The van der Waals surface area contributed by atoms with Crippen LogP contribution in [0.1, 0.15) is 5.56 Å². The summed E-state index contributed by atoms with van der Waals surface area (Å²) in [5, 5.41) is 0. The molecule has 0 aliphatic heterocycles. The first-order chi connectivity index (χ1) is 9.97. The maximum absolute atomic E-state index is 12.5. The zero-order chi connectivity index (χ0) is 15.5. The first-order valence-corrected chi connectivity index (χ1v) is 8.99. The van der Waals surface area contributed by atoms with Crippen molar-refractivity contribution in [2.45, 2.75) is 16.7 Å². The number of nitrogens with one attached hydrogen (secondary N) is 1. The Morgan fingerprint density at radius 2 is 1.86 bits per heavy atom. The fraction of sp³-hybridized carbons (Fsp3) is 0.200. The highest BCUT2D eigenvalue weighted by atomic mass is 32.2. The predicted octanol–water partition coefficient (Wildman–Crippen LogP) is 3.53. The van der Waals surface area contributed by atoms with Crippen molar-refractivity contribution in [2.24, 2.45) is 0 Å². The predicted molar refractivity (Wildman–Crippen MR) is 86.8 cm³/mol. The van der Waals surface area contributed by atoms with Crippen molar-refractivity contribution in [1.29, 1.82) is 0 Å². The van der Waals surface area contributed by atoms with E-state index in [1.54, 1.807) is 31.4 Å². The molecule has 0 aliphatic rings. The molecule has 0 aromatic heterocycles. The largest absolute Gasteiger partial charge is 0.496 e. The number of benzene rings is 2. The van der Waals surface area contributed by atoms with Crippen LogP contribution in [-0.4, -0.2) is 21.8 Å². The molecule has 0 fully saturated rings. The van der Waals surface area contributed by atoms with Gasteiger partial charge < -0.3 is 4.74 Å². The molecule has 2 aromatic carbocycles. The summed E-state index contributed by atoms with van der Waals surface area (Å²) in [6, 6.07) is 12.1. The van der Waals surface area contributed by atoms with Gasteiger partial charge in [0.25, 0.3) is 10.0 Å². The van der Waals surface area contributed by atoms with Crippen molar-refractivity contribution in [1.82, 2.24) is 0 Å². The van der Waals surface area contributed by atoms with E-state index in [1.807, 2.05) is 25.3 Å². The van der Waals surface area contributed by atoms with E-state index in [0.717, 1.165) is 10.5 Å². The van der Waals surface area contributed by atoms with Crippen LogP contribution in [0.25, 0.3) is 0 Å². The van der Waals surface area contributed by atoms with Crippen LogP contribution in [0.3, 0.4) is 0 Å². The summed E-state index contributed by atoms with van der Waals surface area (Å²) in [6.07, 6.45) is 1.91. The van der Waals surface area contributed by atoms with Gasteiger partial charge >= 0.3 is 0 Å². The first-order valence-electron chi connectivity index (χ1n) is 6.28. The lowest BCUT2D eigenvalue weighted by atomic mass is 10.2. The van der Waals surface area contributed by atoms with E-state index >= 15 is 0 Å². The van der Waals surface area contributed by atoms with Crippen LogP contribution in [0.5, 0.6) is 5.75 Å². The molecule has 0 atom stereocenters. The highest BCUT2D eigenvalue weighted by molar-refractivity contribution is 7.99. The standard InChI is InChI=1S/C15H17NO3S2/c1-11-10-12(8-9-14(11)19-2)21(17,18)16-13-6-4-5-7-15(13)20-3/h4-10,16H,1-3H3. The normalized spacial score (nSPS) is 11.2. The zero-order valence-electron chi connectivity index (χ0n) is 12.1. The third-order valence-corrected chi connectivity index (χ3v) is 5.19. The number of hydrogen-bond donors (Lipinski definition) is 1. The molecule has 21 heavy (non-hydrogen) atoms. The van der Waals surface area contributed by atoms with Crippen LogP contribution >= 0.6 is 11.8 Å². The van der Waals surface area contributed by atoms with Crippen LogP contribution in [-0.2, 0) is 10.0 Å². The molecule has 1 N–H and O–H groups in total. The fourth-order valence-electron chi connectivity index (χ4n) is 1.95. The van der Waals surface area contributed by atoms with Crippen molar-refractivity contribution in [3.63, 3.8) is 0 Å². The summed E-state index contributed by atoms with van der Waals surface area (Å²) >= 11 is 1.49. The van der Waals surface area contributed by atoms with E-state index in [4.69, 9.17) is 4.74 Å². The summed E-state index contributed by atoms with van der Waals surface area (Å²) in [5.74, 6) is 0.665. The maximum atomic E-state index is 12.5. The molecule has 0 spiro atoms. The molecular weight excluding hydrogens is 306 g/mol. The molecule has 0 amide bonds. The molecule has 6 heteroatoms. The lowest BCUT2D eigenvalue weighted by molar-refractivity contribution is 0.411. The third-order valence-electron chi connectivity index (χ3n) is 3.03. The minimum atomic E-state index is -3.61. The van der Waals surface area contributed by atoms with Gasteiger partial charge in [-0.25, -0.2) is 8.42 Å². The lowest BCUT2D eigenvalue weighted by Gasteiger charge is -2.12. The lowest BCUT2D eigenvalue weighted by Crippen LogP contribution is -2.13. The molecule has 0 saturated heterocycles. The van der Waals surface area contributed by atoms with Crippen LogP contribution in [0, 0.1) is 6.92 Å². The third kappa shape index (κ3) is 3.51. The number of ether oxygens (including phenoxy) is 1. The second-order valence-electron chi connectivity index (χ2n) is 4.44. The number of anilines is 1. The first kappa shape index (κ1) is 15.7. The summed E-state index contributed by atoms with van der Waals surface area (Å²) in [4.78, 5) is 1.10. The Kier molecular flexibility index (Phi) is 4.80. The highest BCUT2D eigenvalue weighted by Gasteiger charge is 2.17. The maximum Gasteiger partial charge on any atom is 0.261 e. The Morgan fingerprint density at radius 1 is 1.14 bits per heavy atom. The van der Waals surface area contributed by atoms with Gasteiger partial charge in [-0.2, -0.15) is 0 Å². The molecule has 0 aliphatic carbocycles. The molecule has 2 aromatic rings. The molecule has 0 unspecified atom stereocenters. The molecule has 0 saturated carbocycles. The van der Waals surface area contributed by atoms with Gasteiger partial charge in [0.15, 0.2) is 0 Å². The van der Waals surface area contributed by atoms with Crippen molar-refractivity contribution in [2.75, 3.05) is 18.1 Å². The van der Waals surface area contributed by atoms with Crippen LogP contribution in [0.4, 0.5) is 5.69 Å². The molecule has 4 nitrogen and oxygen atoms in total. The van der Waals surface area contributed by atoms with Gasteiger partial charge in [-0.3, -0.25) is 4.72 Å². The van der Waals surface area contributed by atoms with Gasteiger partial charge in [-0.1, -0.05) is 12.1 Å². The number of aryl methyl sites for hydroxylation is 1. The topological polar surface area (TPSA) is 55.4 Å². The molecule has 0 bridgehead atoms. The molecule has 112 valence electrons. The summed E-state index contributed by atoms with van der Waals surface area (Å²) in [7, 11) is -2.05. The van der Waals surface area contributed by atoms with Crippen LogP contribution < -0.4 is 9.46 Å². The Bertz CT molecular complexity index is 742. The minimum Gasteiger partial charge on any atom is -0.496 e. The van der Waals surface area contributed by atoms with E-state index in [2.05, 4.69) is 4.72 Å². The van der Waals surface area contributed by atoms with Gasteiger partial charge in [0.05, 0.1) is 17.7 Å². The van der Waals surface area contributed by atoms with Gasteiger partial charge in [-0.15, -0.1) is 11.8 Å². The summed E-state index contributed by atoms with van der Waals surface area (Å²) < 4.78 is 32.7. The van der Waals surface area contributed by atoms with E-state index in [1.165, 1.54) is 17.8 Å². The SMILES string of the molecule is COc1ccc(S(=O)(=O)Nc2ccccc2SC)cc1C. The smallest absolute Gasteiger partial charge is 0.261 e. The van der Waals surface area contributed by atoms with Crippen LogP contribution in [0.2, 0.25) is 0 Å². The Labute approximate surface area is 129 Å². The van der Waals surface area contributed by atoms with Gasteiger partial charge in [0.2, 0.25) is 0 Å². The van der Waals surface area contributed by atoms with E-state index in [-0.39, 0.29) is 4.90 Å². The van der Waals surface area contributed by atoms with E-state index < -0.39 is 10.0 Å². The second-order valence-corrected chi connectivity index (χ2v) is 6.97. The van der Waals surface area contributed by atoms with E-state index in [9.17, 15) is 8.42 Å². The molecule has 0 radical (unpaired) electrons. The minimum absolute atomic E-state index is 0.219. The van der Waals surface area contributed by atoms with Gasteiger partial charge in [0, 0.05) is 4.90 Å². The van der Waals surface area contributed by atoms with Gasteiger partial charge in [-0.05, 0) is 49.1 Å². The molecule has 0 heterocycles. The number of sulfonamides is 1. The monoisotopic (exact) mass is 323 g/mol. The average molecular weight is 323 g/mol. The van der Waals surface area contributed by atoms with Crippen molar-refractivity contribution < 1.29 is 13.2 Å². The number of methoxy groups -OCH3 is 1. The van der Waals surface area contributed by atoms with E-state index in [0.29, 0.717) is 11.4 Å².